The van der Waals surface area contributed by atoms with Gasteiger partial charge < -0.3 is 5.11 Å². The molecular weight excluding hydrogens is 635 g/mol. The Morgan fingerprint density at radius 1 is 0.968 bits per heavy atom. The van der Waals surface area contributed by atoms with Gasteiger partial charge in [0.1, 0.15) is 5.60 Å². The molecule has 2 aromatic carbocycles. The van der Waals surface area contributed by atoms with E-state index in [9.17, 15) is 14.7 Å². The first kappa shape index (κ1) is 25.4. The van der Waals surface area contributed by atoms with Crippen LogP contribution in [0, 0.1) is 17.8 Å². The molecule has 2 N–H and O–H groups in total. The first-order valence-electron chi connectivity index (χ1n) is 10.6. The maximum atomic E-state index is 13.1. The fourth-order valence-electron chi connectivity index (χ4n) is 3.80. The number of aliphatic carboxylic acids is 1. The SMILES string of the molecule is CCC[C@H](C(=O)NOC(C)(c1ccccc1)c1ccccc1)[C@@H](CC(C)C)C(=O)O.[Fm]. The molecule has 5 nitrogen and oxygen atoms in total. The van der Waals surface area contributed by atoms with E-state index in [-0.39, 0.29) is 11.8 Å². The number of rotatable bonds is 11. The third kappa shape index (κ3) is 6.41. The molecule has 2 aromatic rings. The smallest absolute Gasteiger partial charge is 0.307 e. The first-order valence-corrected chi connectivity index (χ1v) is 10.6. The van der Waals surface area contributed by atoms with E-state index in [1.54, 1.807) is 0 Å². The van der Waals surface area contributed by atoms with E-state index in [0.717, 1.165) is 11.1 Å². The molecule has 0 bridgehead atoms. The van der Waals surface area contributed by atoms with Crippen molar-refractivity contribution < 1.29 is 19.5 Å². The number of carboxylic acids is 1. The van der Waals surface area contributed by atoms with Gasteiger partial charge in [0, 0.05) is 0 Å². The van der Waals surface area contributed by atoms with Crippen LogP contribution in [-0.2, 0) is 20.0 Å². The summed E-state index contributed by atoms with van der Waals surface area (Å²) in [5.74, 6) is -2.54. The van der Waals surface area contributed by atoms with Gasteiger partial charge in [-0.25, -0.2) is 5.48 Å². The van der Waals surface area contributed by atoms with Gasteiger partial charge >= 0.3 is 5.97 Å². The second-order valence-electron chi connectivity index (χ2n) is 8.30. The van der Waals surface area contributed by atoms with Crippen molar-refractivity contribution in [1.29, 1.82) is 0 Å². The number of amides is 1. The van der Waals surface area contributed by atoms with Crippen LogP contribution < -0.4 is 5.48 Å². The molecule has 2 atom stereocenters. The van der Waals surface area contributed by atoms with Crippen molar-refractivity contribution in [2.75, 3.05) is 0 Å². The summed E-state index contributed by atoms with van der Waals surface area (Å²) >= 11 is 0. The van der Waals surface area contributed by atoms with Crippen molar-refractivity contribution >= 4 is 11.9 Å². The Kier molecular flexibility index (Phi) is 9.42. The average molecular weight is 669 g/mol. The number of hydroxylamine groups is 1. The third-order valence-corrected chi connectivity index (χ3v) is 5.47. The Bertz CT molecular complexity index is 771. The fourth-order valence-corrected chi connectivity index (χ4v) is 3.80. The first-order chi connectivity index (χ1) is 14.3. The Morgan fingerprint density at radius 2 is 1.45 bits per heavy atom. The summed E-state index contributed by atoms with van der Waals surface area (Å²) in [6.07, 6.45) is 1.66. The van der Waals surface area contributed by atoms with Crippen LogP contribution >= 0.6 is 0 Å². The Balaban J connectivity index is 0.00000480. The molecule has 174 valence electrons. The third-order valence-electron chi connectivity index (χ3n) is 5.47. The molecule has 0 fully saturated rings. The van der Waals surface area contributed by atoms with Crippen LogP contribution in [0.15, 0.2) is 60.7 Å². The van der Waals surface area contributed by atoms with Gasteiger partial charge in [-0.05, 0) is 36.8 Å². The maximum absolute atomic E-state index is 13.1. The zero-order valence-corrected chi connectivity index (χ0v) is 21.0. The van der Waals surface area contributed by atoms with Crippen LogP contribution in [-0.4, -0.2) is 17.0 Å². The molecule has 0 saturated heterocycles. The molecular formula is C25H33FmNO4. The number of carboxylic acid groups (broad SMARTS) is 1. The molecule has 0 aliphatic carbocycles. The van der Waals surface area contributed by atoms with Gasteiger partial charge in [-0.3, -0.25) is 14.4 Å². The summed E-state index contributed by atoms with van der Waals surface area (Å²) < 4.78 is 0. The van der Waals surface area contributed by atoms with E-state index in [1.807, 2.05) is 88.4 Å². The summed E-state index contributed by atoms with van der Waals surface area (Å²) in [5, 5.41) is 9.73. The van der Waals surface area contributed by atoms with E-state index >= 15 is 0 Å². The van der Waals surface area contributed by atoms with Crippen LogP contribution in [0.25, 0.3) is 0 Å². The summed E-state index contributed by atoms with van der Waals surface area (Å²) in [6, 6.07) is 19.3. The number of carbonyl (C=O) groups excluding carboxylic acids is 1. The molecule has 0 saturated carbocycles. The topological polar surface area (TPSA) is 75.6 Å². The maximum Gasteiger partial charge on any atom is 0.307 e. The second-order valence-corrected chi connectivity index (χ2v) is 8.30. The predicted molar refractivity (Wildman–Crippen MR) is 118 cm³/mol. The summed E-state index contributed by atoms with van der Waals surface area (Å²) in [4.78, 5) is 31.0. The Hall–Kier alpha value is -3.66. The normalized spacial score (nSPS) is 13.2. The summed E-state index contributed by atoms with van der Waals surface area (Å²) in [5.41, 5.74) is 3.48. The Morgan fingerprint density at radius 3 is 1.84 bits per heavy atom. The minimum Gasteiger partial charge on any atom is -0.481 e. The molecule has 2 rings (SSSR count). The largest absolute Gasteiger partial charge is 0.481 e. The van der Waals surface area contributed by atoms with Crippen molar-refractivity contribution in [2.24, 2.45) is 17.8 Å². The van der Waals surface area contributed by atoms with Crippen LogP contribution in [0.1, 0.15) is 58.1 Å². The zero-order chi connectivity index (χ0) is 22.1. The van der Waals surface area contributed by atoms with Crippen molar-refractivity contribution in [1.82, 2.24) is 5.48 Å². The number of nitrogens with one attached hydrogen (secondary N) is 1. The van der Waals surface area contributed by atoms with E-state index in [4.69, 9.17) is 4.84 Å². The van der Waals surface area contributed by atoms with Crippen LogP contribution in [0.4, 0.5) is 0 Å². The minimum atomic E-state index is -0.939. The van der Waals surface area contributed by atoms with E-state index in [1.165, 1.54) is 0 Å². The molecule has 0 unspecified atom stereocenters. The van der Waals surface area contributed by atoms with Crippen molar-refractivity contribution in [3.63, 3.8) is 0 Å². The van der Waals surface area contributed by atoms with Crippen LogP contribution in [0.2, 0.25) is 0 Å². The summed E-state index contributed by atoms with van der Waals surface area (Å²) in [6.45, 7) is 7.79. The monoisotopic (exact) mass is 668 g/mol. The van der Waals surface area contributed by atoms with Gasteiger partial charge in [0.2, 0.25) is 5.91 Å². The van der Waals surface area contributed by atoms with Crippen molar-refractivity contribution in [2.45, 2.75) is 52.6 Å². The molecule has 6 heteroatoms. The van der Waals surface area contributed by atoms with Gasteiger partial charge in [0.05, 0.1) is 11.8 Å². The van der Waals surface area contributed by atoms with Gasteiger partial charge in [-0.15, -0.1) is 0 Å². The minimum absolute atomic E-state index is 0. The molecule has 0 aromatic heterocycles. The van der Waals surface area contributed by atoms with Crippen molar-refractivity contribution in [3.05, 3.63) is 71.8 Å². The molecule has 0 spiro atoms. The van der Waals surface area contributed by atoms with Crippen molar-refractivity contribution in [3.8, 4) is 0 Å². The number of hydrogen-bond acceptors (Lipinski definition) is 3. The van der Waals surface area contributed by atoms with Crippen LogP contribution in [0.5, 0.6) is 0 Å². The van der Waals surface area contributed by atoms with Gasteiger partial charge in [-0.1, -0.05) is 87.9 Å². The molecule has 0 radical (unpaired) electrons. The quantitative estimate of drug-likeness (QED) is 0.325. The van der Waals surface area contributed by atoms with E-state index in [2.05, 4.69) is 5.48 Å². The Labute approximate surface area is 179 Å². The van der Waals surface area contributed by atoms with E-state index in [0.29, 0.717) is 19.3 Å². The second kappa shape index (κ2) is 11.5. The zero-order valence-electron chi connectivity index (χ0n) is 18.6. The summed E-state index contributed by atoms with van der Waals surface area (Å²) in [7, 11) is 0. The van der Waals surface area contributed by atoms with E-state index < -0.39 is 23.4 Å². The molecule has 0 aliphatic rings. The number of carbonyl (C=O) groups is 2. The molecule has 1 amide bonds. The standard InChI is InChI=1S/C25H33NO4.Fm/c1-5-12-21(22(24(28)29)17-18(2)3)23(27)26-30-25(4,19-13-8-6-9-14-19)20-15-10-7-11-16-20;/h6-11,13-16,18,21-22H,5,12,17H2,1-4H3,(H,26,27)(H,28,29);/t21-,22+;/m0./s1. The predicted octanol–water partition coefficient (Wildman–Crippen LogP) is 5.16. The fraction of sp³-hybridized carbons (Fsp3) is 0.440. The van der Waals surface area contributed by atoms with Crippen LogP contribution in [0.3, 0.4) is 0 Å². The number of hydrogen-bond donors (Lipinski definition) is 2. The van der Waals surface area contributed by atoms with Gasteiger partial charge in [0.25, 0.3) is 0 Å². The molecule has 31 heavy (non-hydrogen) atoms. The number of benzene rings is 2. The van der Waals surface area contributed by atoms with Gasteiger partial charge in [0.15, 0.2) is 0 Å². The molecule has 0 aliphatic heterocycles. The van der Waals surface area contributed by atoms with Gasteiger partial charge in [-0.2, -0.15) is 0 Å². The molecule has 0 heterocycles. The average Bonchev–Trinajstić information content (AvgIpc) is 2.75.